The van der Waals surface area contributed by atoms with Gasteiger partial charge in [-0.15, -0.1) is 0 Å². The first-order valence-corrected chi connectivity index (χ1v) is 9.23. The minimum Gasteiger partial charge on any atom is -0.322 e. The molecule has 3 aromatic rings. The third kappa shape index (κ3) is 4.95. The monoisotopic (exact) mass is 443 g/mol. The van der Waals surface area contributed by atoms with E-state index in [4.69, 9.17) is 23.2 Å². The topological polar surface area (TPSA) is 54.9 Å². The molecule has 2 heterocycles. The summed E-state index contributed by atoms with van der Waals surface area (Å²) < 4.78 is 38.0. The van der Waals surface area contributed by atoms with Crippen LogP contribution in [0.4, 0.5) is 18.9 Å². The highest BCUT2D eigenvalue weighted by Gasteiger charge is 2.31. The summed E-state index contributed by atoms with van der Waals surface area (Å²) in [5.41, 5.74) is -0.155. The van der Waals surface area contributed by atoms with Gasteiger partial charge in [-0.05, 0) is 36.4 Å². The molecule has 0 aliphatic rings. The van der Waals surface area contributed by atoms with Crippen molar-refractivity contribution >= 4 is 46.6 Å². The van der Waals surface area contributed by atoms with E-state index in [1.54, 1.807) is 24.3 Å². The summed E-state index contributed by atoms with van der Waals surface area (Å²) in [6, 6.07) is 8.99. The Morgan fingerprint density at radius 3 is 2.36 bits per heavy atom. The Labute approximate surface area is 172 Å². The summed E-state index contributed by atoms with van der Waals surface area (Å²) in [7, 11) is 0. The van der Waals surface area contributed by atoms with E-state index in [0.29, 0.717) is 10.6 Å². The van der Waals surface area contributed by atoms with Crippen LogP contribution in [0, 0.1) is 0 Å². The largest absolute Gasteiger partial charge is 0.417 e. The number of benzene rings is 1. The van der Waals surface area contributed by atoms with Gasteiger partial charge in [0.25, 0.3) is 5.91 Å². The second-order valence-electron chi connectivity index (χ2n) is 5.44. The van der Waals surface area contributed by atoms with Crippen molar-refractivity contribution in [2.24, 2.45) is 0 Å². The Kier molecular flexibility index (Phi) is 6.12. The Hall–Kier alpha value is -2.29. The molecule has 0 aliphatic heterocycles. The molecule has 144 valence electrons. The molecule has 1 aromatic carbocycles. The highest BCUT2D eigenvalue weighted by molar-refractivity contribution is 7.99. The van der Waals surface area contributed by atoms with Gasteiger partial charge >= 0.3 is 6.18 Å². The van der Waals surface area contributed by atoms with Gasteiger partial charge in [-0.25, -0.2) is 4.98 Å². The second-order valence-corrected chi connectivity index (χ2v) is 7.32. The van der Waals surface area contributed by atoms with Crippen molar-refractivity contribution < 1.29 is 18.0 Å². The number of amides is 1. The van der Waals surface area contributed by atoms with Crippen LogP contribution in [0.5, 0.6) is 0 Å². The van der Waals surface area contributed by atoms with E-state index in [1.165, 1.54) is 18.5 Å². The van der Waals surface area contributed by atoms with Gasteiger partial charge in [-0.2, -0.15) is 13.2 Å². The zero-order chi connectivity index (χ0) is 20.3. The normalized spacial score (nSPS) is 11.3. The van der Waals surface area contributed by atoms with Crippen molar-refractivity contribution in [2.45, 2.75) is 16.1 Å². The van der Waals surface area contributed by atoms with E-state index in [9.17, 15) is 18.0 Å². The van der Waals surface area contributed by atoms with Crippen LogP contribution in [-0.2, 0) is 6.18 Å². The van der Waals surface area contributed by atoms with E-state index < -0.39 is 17.6 Å². The maximum absolute atomic E-state index is 12.7. The molecule has 0 saturated heterocycles. The van der Waals surface area contributed by atoms with Crippen LogP contribution >= 0.6 is 35.0 Å². The summed E-state index contributed by atoms with van der Waals surface area (Å²) in [5, 5.41) is 3.12. The number of aromatic nitrogens is 2. The number of anilines is 1. The lowest BCUT2D eigenvalue weighted by atomic mass is 10.2. The predicted octanol–water partition coefficient (Wildman–Crippen LogP) is 6.21. The van der Waals surface area contributed by atoms with Crippen molar-refractivity contribution in [3.05, 3.63) is 76.2 Å². The van der Waals surface area contributed by atoms with Crippen LogP contribution in [0.25, 0.3) is 0 Å². The molecule has 4 nitrogen and oxygen atoms in total. The van der Waals surface area contributed by atoms with Crippen molar-refractivity contribution in [1.29, 1.82) is 0 Å². The molecule has 2 aromatic heterocycles. The third-order valence-electron chi connectivity index (χ3n) is 3.47. The van der Waals surface area contributed by atoms with Gasteiger partial charge in [0.15, 0.2) is 0 Å². The molecule has 1 N–H and O–H groups in total. The number of hydrogen-bond donors (Lipinski definition) is 1. The van der Waals surface area contributed by atoms with Gasteiger partial charge in [0.2, 0.25) is 0 Å². The second kappa shape index (κ2) is 8.38. The van der Waals surface area contributed by atoms with Crippen LogP contribution in [0.3, 0.4) is 0 Å². The molecule has 28 heavy (non-hydrogen) atoms. The summed E-state index contributed by atoms with van der Waals surface area (Å²) in [5.74, 6) is -0.411. The molecule has 10 heteroatoms. The van der Waals surface area contributed by atoms with E-state index in [-0.39, 0.29) is 20.6 Å². The van der Waals surface area contributed by atoms with Gasteiger partial charge in [0.05, 0.1) is 21.2 Å². The molecule has 0 aliphatic carbocycles. The molecule has 1 amide bonds. The molecular formula is C18H10Cl2F3N3OS. The fourth-order valence-corrected chi connectivity index (χ4v) is 3.35. The minimum absolute atomic E-state index is 0.0941. The third-order valence-corrected chi connectivity index (χ3v) is 5.23. The van der Waals surface area contributed by atoms with Crippen LogP contribution in [0.2, 0.25) is 10.0 Å². The fourth-order valence-electron chi connectivity index (χ4n) is 2.12. The van der Waals surface area contributed by atoms with E-state index >= 15 is 0 Å². The maximum atomic E-state index is 12.7. The van der Waals surface area contributed by atoms with Crippen LogP contribution < -0.4 is 5.32 Å². The quantitative estimate of drug-likeness (QED) is 0.520. The average molecular weight is 444 g/mol. The van der Waals surface area contributed by atoms with Crippen LogP contribution in [0.15, 0.2) is 64.9 Å². The highest BCUT2D eigenvalue weighted by atomic mass is 35.5. The number of nitrogens with zero attached hydrogens (tertiary/aromatic N) is 2. The molecule has 3 rings (SSSR count). The Bertz CT molecular complexity index is 1010. The molecule has 0 radical (unpaired) electrons. The summed E-state index contributed by atoms with van der Waals surface area (Å²) in [6.45, 7) is 0. The summed E-state index contributed by atoms with van der Waals surface area (Å²) in [4.78, 5) is 20.5. The fraction of sp³-hybridized carbons (Fsp3) is 0.0556. The lowest BCUT2D eigenvalue weighted by Crippen LogP contribution is -2.12. The average Bonchev–Trinajstić information content (AvgIpc) is 2.64. The molecule has 0 fully saturated rings. The van der Waals surface area contributed by atoms with Gasteiger partial charge in [0.1, 0.15) is 5.03 Å². The number of hydrogen-bond acceptors (Lipinski definition) is 4. The molecule has 0 bridgehead atoms. The maximum Gasteiger partial charge on any atom is 0.417 e. The van der Waals surface area contributed by atoms with Crippen molar-refractivity contribution in [1.82, 2.24) is 9.97 Å². The predicted molar refractivity (Wildman–Crippen MR) is 102 cm³/mol. The lowest BCUT2D eigenvalue weighted by Gasteiger charge is -2.09. The number of nitrogens with one attached hydrogen (secondary N) is 1. The van der Waals surface area contributed by atoms with Gasteiger partial charge in [-0.1, -0.05) is 35.0 Å². The Balaban J connectivity index is 1.70. The lowest BCUT2D eigenvalue weighted by molar-refractivity contribution is -0.137. The smallest absolute Gasteiger partial charge is 0.322 e. The van der Waals surface area contributed by atoms with E-state index in [1.807, 2.05) is 0 Å². The molecule has 0 unspecified atom stereocenters. The van der Waals surface area contributed by atoms with Gasteiger partial charge < -0.3 is 5.32 Å². The van der Waals surface area contributed by atoms with Crippen molar-refractivity contribution in [3.8, 4) is 0 Å². The zero-order valence-corrected chi connectivity index (χ0v) is 16.1. The highest BCUT2D eigenvalue weighted by Crippen LogP contribution is 2.36. The van der Waals surface area contributed by atoms with Gasteiger partial charge in [-0.3, -0.25) is 9.78 Å². The Morgan fingerprint density at radius 1 is 1.04 bits per heavy atom. The van der Waals surface area contributed by atoms with Crippen molar-refractivity contribution in [2.75, 3.05) is 5.32 Å². The number of carbonyl (C=O) groups excluding carboxylic acids is 1. The first-order valence-electron chi connectivity index (χ1n) is 7.65. The number of pyridine rings is 2. The molecule has 0 spiro atoms. The SMILES string of the molecule is O=C(Nc1ccc(Sc2ncc(C(F)(F)F)cc2Cl)cc1)c1cnccc1Cl. The number of rotatable bonds is 4. The zero-order valence-electron chi connectivity index (χ0n) is 13.8. The van der Waals surface area contributed by atoms with Gasteiger partial charge in [0, 0.05) is 29.2 Å². The first kappa shape index (κ1) is 20.4. The molecule has 0 saturated carbocycles. The minimum atomic E-state index is -4.50. The van der Waals surface area contributed by atoms with E-state index in [0.717, 1.165) is 24.0 Å². The summed E-state index contributed by atoms with van der Waals surface area (Å²) in [6.07, 6.45) is -0.928. The summed E-state index contributed by atoms with van der Waals surface area (Å²) >= 11 is 13.0. The Morgan fingerprint density at radius 2 is 1.75 bits per heavy atom. The molecular weight excluding hydrogens is 434 g/mol. The first-order chi connectivity index (χ1) is 13.2. The van der Waals surface area contributed by atoms with Crippen LogP contribution in [0.1, 0.15) is 15.9 Å². The number of alkyl halides is 3. The van der Waals surface area contributed by atoms with Crippen molar-refractivity contribution in [3.63, 3.8) is 0 Å². The van der Waals surface area contributed by atoms with E-state index in [2.05, 4.69) is 15.3 Å². The number of carbonyl (C=O) groups is 1. The number of halogens is 5. The molecule has 0 atom stereocenters. The van der Waals surface area contributed by atoms with Crippen LogP contribution in [-0.4, -0.2) is 15.9 Å². The standard InChI is InChI=1S/C18H10Cl2F3N3OS/c19-14-5-6-24-9-13(14)16(27)26-11-1-3-12(4-2-11)28-17-15(20)7-10(8-25-17)18(21,22)23/h1-9H,(H,26,27).